The van der Waals surface area contributed by atoms with Crippen LogP contribution < -0.4 is 5.73 Å². The van der Waals surface area contributed by atoms with Gasteiger partial charge in [0.1, 0.15) is 5.60 Å². The van der Waals surface area contributed by atoms with Crippen LogP contribution in [0.1, 0.15) is 47.0 Å². The van der Waals surface area contributed by atoms with Crippen LogP contribution in [0.15, 0.2) is 0 Å². The van der Waals surface area contributed by atoms with Crippen LogP contribution >= 0.6 is 0 Å². The van der Waals surface area contributed by atoms with Gasteiger partial charge < -0.3 is 15.4 Å². The molecule has 128 valence electrons. The van der Waals surface area contributed by atoms with Crippen molar-refractivity contribution in [3.63, 3.8) is 0 Å². The fourth-order valence-corrected chi connectivity index (χ4v) is 2.63. The van der Waals surface area contributed by atoms with Gasteiger partial charge in [0.2, 0.25) is 5.91 Å². The molecule has 1 saturated heterocycles. The van der Waals surface area contributed by atoms with Gasteiger partial charge in [-0.25, -0.2) is 4.79 Å². The maximum absolute atomic E-state index is 11.9. The van der Waals surface area contributed by atoms with Crippen LogP contribution in [0.2, 0.25) is 0 Å². The minimum atomic E-state index is -0.474. The normalized spacial score (nSPS) is 21.2. The molecule has 0 bridgehead atoms. The quantitative estimate of drug-likeness (QED) is 0.840. The minimum Gasteiger partial charge on any atom is -0.444 e. The zero-order valence-electron chi connectivity index (χ0n) is 14.6. The number of carbonyl (C=O) groups is 2. The van der Waals surface area contributed by atoms with E-state index in [-0.39, 0.29) is 17.9 Å². The van der Waals surface area contributed by atoms with E-state index >= 15 is 0 Å². The average Bonchev–Trinajstić information content (AvgIpc) is 2.42. The second kappa shape index (κ2) is 7.81. The summed E-state index contributed by atoms with van der Waals surface area (Å²) in [4.78, 5) is 27.2. The summed E-state index contributed by atoms with van der Waals surface area (Å²) >= 11 is 0. The number of hydrogen-bond donors (Lipinski definition) is 1. The van der Waals surface area contributed by atoms with E-state index in [1.807, 2.05) is 20.8 Å². The summed E-state index contributed by atoms with van der Waals surface area (Å²) in [5.41, 5.74) is 4.94. The number of primary amides is 1. The zero-order valence-corrected chi connectivity index (χ0v) is 14.6. The van der Waals surface area contributed by atoms with Gasteiger partial charge in [0.15, 0.2) is 0 Å². The van der Waals surface area contributed by atoms with Gasteiger partial charge in [-0.3, -0.25) is 9.69 Å². The van der Waals surface area contributed by atoms with Gasteiger partial charge in [-0.1, -0.05) is 0 Å². The molecule has 2 unspecified atom stereocenters. The predicted molar refractivity (Wildman–Crippen MR) is 86.4 cm³/mol. The molecule has 0 aromatic carbocycles. The molecule has 1 rings (SSSR count). The second-order valence-electron chi connectivity index (χ2n) is 7.28. The molecule has 1 fully saturated rings. The smallest absolute Gasteiger partial charge is 0.410 e. The molecule has 6 nitrogen and oxygen atoms in total. The van der Waals surface area contributed by atoms with Gasteiger partial charge in [-0.2, -0.15) is 0 Å². The van der Waals surface area contributed by atoms with E-state index in [2.05, 4.69) is 11.8 Å². The number of nitrogens with two attached hydrogens (primary N) is 1. The molecule has 0 saturated carbocycles. The third kappa shape index (κ3) is 6.22. The predicted octanol–water partition coefficient (Wildman–Crippen LogP) is 1.83. The van der Waals surface area contributed by atoms with Crippen LogP contribution in [0.4, 0.5) is 4.79 Å². The van der Waals surface area contributed by atoms with Crippen molar-refractivity contribution in [3.05, 3.63) is 0 Å². The lowest BCUT2D eigenvalue weighted by atomic mass is 9.96. The van der Waals surface area contributed by atoms with Crippen LogP contribution in [0.3, 0.4) is 0 Å². The third-order valence-electron chi connectivity index (χ3n) is 4.07. The summed E-state index contributed by atoms with van der Waals surface area (Å²) in [6.45, 7) is 10.1. The van der Waals surface area contributed by atoms with Gasteiger partial charge in [0.05, 0.1) is 5.92 Å². The Morgan fingerprint density at radius 1 is 1.41 bits per heavy atom. The largest absolute Gasteiger partial charge is 0.444 e. The molecule has 1 aliphatic rings. The Hall–Kier alpha value is -1.30. The maximum atomic E-state index is 11.9. The van der Waals surface area contributed by atoms with E-state index in [0.717, 1.165) is 32.4 Å². The lowest BCUT2D eigenvalue weighted by Gasteiger charge is -2.36. The number of piperidine rings is 1. The molecule has 2 atom stereocenters. The summed E-state index contributed by atoms with van der Waals surface area (Å²) in [6, 6.07) is 0.312. The SMILES string of the molecule is CC(CCN(C)C(=O)OC(C)(C)C)N1CCCC(C(N)=O)C1. The van der Waals surface area contributed by atoms with E-state index in [4.69, 9.17) is 10.5 Å². The Morgan fingerprint density at radius 2 is 2.05 bits per heavy atom. The Kier molecular flexibility index (Phi) is 6.66. The highest BCUT2D eigenvalue weighted by atomic mass is 16.6. The van der Waals surface area contributed by atoms with E-state index in [1.54, 1.807) is 11.9 Å². The average molecular weight is 313 g/mol. The van der Waals surface area contributed by atoms with Crippen LogP contribution in [-0.2, 0) is 9.53 Å². The molecule has 0 aromatic rings. The number of amides is 2. The topological polar surface area (TPSA) is 75.9 Å². The monoisotopic (exact) mass is 313 g/mol. The molecule has 2 amide bonds. The van der Waals surface area contributed by atoms with Crippen LogP contribution in [0.5, 0.6) is 0 Å². The van der Waals surface area contributed by atoms with E-state index < -0.39 is 5.60 Å². The molecule has 22 heavy (non-hydrogen) atoms. The fraction of sp³-hybridized carbons (Fsp3) is 0.875. The molecular weight excluding hydrogens is 282 g/mol. The number of likely N-dealkylation sites (tertiary alicyclic amines) is 1. The molecule has 1 aliphatic heterocycles. The highest BCUT2D eigenvalue weighted by molar-refractivity contribution is 5.76. The first-order valence-corrected chi connectivity index (χ1v) is 8.07. The van der Waals surface area contributed by atoms with Gasteiger partial charge in [-0.15, -0.1) is 0 Å². The Balaban J connectivity index is 2.40. The molecular formula is C16H31N3O3. The van der Waals surface area contributed by atoms with Crippen LogP contribution in [-0.4, -0.2) is 60.1 Å². The summed E-state index contributed by atoms with van der Waals surface area (Å²) in [5, 5.41) is 0. The van der Waals surface area contributed by atoms with Crippen molar-refractivity contribution in [3.8, 4) is 0 Å². The van der Waals surface area contributed by atoms with Gasteiger partial charge >= 0.3 is 6.09 Å². The summed E-state index contributed by atoms with van der Waals surface area (Å²) in [7, 11) is 1.75. The Morgan fingerprint density at radius 3 is 2.59 bits per heavy atom. The molecule has 2 N–H and O–H groups in total. The van der Waals surface area contributed by atoms with Crippen LogP contribution in [0.25, 0.3) is 0 Å². The van der Waals surface area contributed by atoms with Crippen molar-refractivity contribution in [2.45, 2.75) is 58.6 Å². The first-order valence-electron chi connectivity index (χ1n) is 8.07. The zero-order chi connectivity index (χ0) is 16.9. The molecule has 0 spiro atoms. The van der Waals surface area contributed by atoms with E-state index in [9.17, 15) is 9.59 Å². The third-order valence-corrected chi connectivity index (χ3v) is 4.07. The lowest BCUT2D eigenvalue weighted by Crippen LogP contribution is -2.46. The fourth-order valence-electron chi connectivity index (χ4n) is 2.63. The second-order valence-corrected chi connectivity index (χ2v) is 7.28. The first kappa shape index (κ1) is 18.7. The van der Waals surface area contributed by atoms with Gasteiger partial charge in [-0.05, 0) is 53.5 Å². The van der Waals surface area contributed by atoms with Crippen molar-refractivity contribution in [2.75, 3.05) is 26.7 Å². The Bertz CT molecular complexity index is 393. The van der Waals surface area contributed by atoms with Gasteiger partial charge in [0, 0.05) is 26.2 Å². The number of nitrogens with zero attached hydrogens (tertiary/aromatic N) is 2. The standard InChI is InChI=1S/C16H31N3O3/c1-12(19-9-6-7-13(11-19)14(17)20)8-10-18(5)15(21)22-16(2,3)4/h12-13H,6-11H2,1-5H3,(H2,17,20). The van der Waals surface area contributed by atoms with Gasteiger partial charge in [0.25, 0.3) is 0 Å². The van der Waals surface area contributed by atoms with Crippen molar-refractivity contribution in [1.82, 2.24) is 9.80 Å². The molecule has 0 aliphatic carbocycles. The van der Waals surface area contributed by atoms with E-state index in [0.29, 0.717) is 12.6 Å². The molecule has 0 aromatic heterocycles. The summed E-state index contributed by atoms with van der Waals surface area (Å²) in [5.74, 6) is -0.248. The van der Waals surface area contributed by atoms with Crippen LogP contribution in [0, 0.1) is 5.92 Å². The number of carbonyl (C=O) groups excluding carboxylic acids is 2. The molecule has 0 radical (unpaired) electrons. The number of ether oxygens (including phenoxy) is 1. The van der Waals surface area contributed by atoms with Crippen molar-refractivity contribution < 1.29 is 14.3 Å². The number of rotatable bonds is 5. The summed E-state index contributed by atoms with van der Waals surface area (Å²) < 4.78 is 5.34. The van der Waals surface area contributed by atoms with E-state index in [1.165, 1.54) is 0 Å². The molecule has 6 heteroatoms. The van der Waals surface area contributed by atoms with Crippen molar-refractivity contribution >= 4 is 12.0 Å². The summed E-state index contributed by atoms with van der Waals surface area (Å²) in [6.07, 6.45) is 2.44. The Labute approximate surface area is 134 Å². The highest BCUT2D eigenvalue weighted by Crippen LogP contribution is 2.19. The number of hydrogen-bond acceptors (Lipinski definition) is 4. The van der Waals surface area contributed by atoms with Crippen molar-refractivity contribution in [2.24, 2.45) is 11.7 Å². The maximum Gasteiger partial charge on any atom is 0.410 e. The van der Waals surface area contributed by atoms with Crippen molar-refractivity contribution in [1.29, 1.82) is 0 Å². The molecule has 1 heterocycles. The first-order chi connectivity index (χ1) is 10.1. The highest BCUT2D eigenvalue weighted by Gasteiger charge is 2.27. The lowest BCUT2D eigenvalue weighted by molar-refractivity contribution is -0.123. The minimum absolute atomic E-state index is 0.0419.